The molecule has 28 heavy (non-hydrogen) atoms. The summed E-state index contributed by atoms with van der Waals surface area (Å²) in [4.78, 5) is 23.5. The molecule has 1 N–H and O–H groups in total. The average Bonchev–Trinajstić information content (AvgIpc) is 2.64. The van der Waals surface area contributed by atoms with E-state index < -0.39 is 17.0 Å². The predicted octanol–water partition coefficient (Wildman–Crippen LogP) is 4.11. The molecule has 0 amide bonds. The molecular formula is C21H21ClO6. The Morgan fingerprint density at radius 2 is 1.79 bits per heavy atom. The fourth-order valence-corrected chi connectivity index (χ4v) is 7.09. The first kappa shape index (κ1) is 17.3. The van der Waals surface area contributed by atoms with Crippen LogP contribution in [0.2, 0.25) is 5.02 Å². The topological polar surface area (TPSA) is 78.1 Å². The van der Waals surface area contributed by atoms with Gasteiger partial charge in [-0.15, -0.1) is 0 Å². The predicted molar refractivity (Wildman–Crippen MR) is 99.8 cm³/mol. The van der Waals surface area contributed by atoms with Crippen molar-refractivity contribution in [3.63, 3.8) is 0 Å². The standard InChI is InChI=1S/C21H21ClO6/c1-25-21(18-14-2-3-17(24)26-16(14)9-15(23)19(18)22)20(27-28-21)12-5-10-4-11(7-12)8-13(20)6-10/h2-3,9-13,23H,4-8H2,1H3. The number of hydrogen-bond donors (Lipinski definition) is 1. The number of hydrogen-bond acceptors (Lipinski definition) is 6. The van der Waals surface area contributed by atoms with Gasteiger partial charge in [0, 0.05) is 24.6 Å². The summed E-state index contributed by atoms with van der Waals surface area (Å²) in [6.07, 6.45) is 5.66. The number of methoxy groups -OCH3 is 1. The zero-order valence-electron chi connectivity index (χ0n) is 15.4. The van der Waals surface area contributed by atoms with E-state index in [0.717, 1.165) is 37.5 Å². The monoisotopic (exact) mass is 404 g/mol. The number of phenolic OH excluding ortho intramolecular Hbond substituents is 1. The lowest BCUT2D eigenvalue weighted by molar-refractivity contribution is -0.645. The molecule has 1 atom stereocenters. The van der Waals surface area contributed by atoms with Crippen LogP contribution in [0.4, 0.5) is 0 Å². The Morgan fingerprint density at radius 3 is 2.36 bits per heavy atom. The van der Waals surface area contributed by atoms with Crippen molar-refractivity contribution in [1.82, 2.24) is 0 Å². The summed E-state index contributed by atoms with van der Waals surface area (Å²) in [5.74, 6) is 0.666. The van der Waals surface area contributed by atoms with E-state index in [1.165, 1.54) is 18.6 Å². The van der Waals surface area contributed by atoms with E-state index in [2.05, 4.69) is 0 Å². The summed E-state index contributed by atoms with van der Waals surface area (Å²) in [7, 11) is 1.58. The molecule has 6 nitrogen and oxygen atoms in total. The van der Waals surface area contributed by atoms with Crippen LogP contribution >= 0.6 is 11.6 Å². The van der Waals surface area contributed by atoms with Gasteiger partial charge in [0.15, 0.2) is 5.60 Å². The molecule has 1 saturated heterocycles. The number of benzene rings is 1. The van der Waals surface area contributed by atoms with E-state index >= 15 is 0 Å². The molecule has 1 aromatic heterocycles. The van der Waals surface area contributed by atoms with Gasteiger partial charge in [0.2, 0.25) is 0 Å². The van der Waals surface area contributed by atoms with Gasteiger partial charge in [-0.05, 0) is 61.8 Å². The van der Waals surface area contributed by atoms with Gasteiger partial charge in [-0.1, -0.05) is 11.6 Å². The molecule has 4 aliphatic carbocycles. The van der Waals surface area contributed by atoms with Gasteiger partial charge in [-0.3, -0.25) is 0 Å². The molecule has 2 aromatic rings. The molecule has 1 unspecified atom stereocenters. The highest BCUT2D eigenvalue weighted by Gasteiger charge is 2.77. The van der Waals surface area contributed by atoms with E-state index in [-0.39, 0.29) is 16.4 Å². The molecule has 1 aliphatic heterocycles. The third-order valence-corrected chi connectivity index (χ3v) is 8.01. The van der Waals surface area contributed by atoms with Crippen molar-refractivity contribution < 1.29 is 24.0 Å². The van der Waals surface area contributed by atoms with E-state index in [1.54, 1.807) is 13.2 Å². The van der Waals surface area contributed by atoms with Gasteiger partial charge in [0.1, 0.15) is 11.3 Å². The largest absolute Gasteiger partial charge is 0.506 e. The molecule has 1 aromatic carbocycles. The molecule has 2 heterocycles. The minimum absolute atomic E-state index is 0.139. The number of phenols is 1. The second-order valence-corrected chi connectivity index (χ2v) is 9.21. The fourth-order valence-electron chi connectivity index (χ4n) is 6.80. The average molecular weight is 405 g/mol. The second kappa shape index (κ2) is 5.51. The Morgan fingerprint density at radius 1 is 1.11 bits per heavy atom. The zero-order valence-corrected chi connectivity index (χ0v) is 16.2. The van der Waals surface area contributed by atoms with E-state index in [0.29, 0.717) is 22.8 Å². The molecule has 148 valence electrons. The third kappa shape index (κ3) is 1.88. The maximum atomic E-state index is 11.7. The second-order valence-electron chi connectivity index (χ2n) is 8.84. The van der Waals surface area contributed by atoms with Crippen molar-refractivity contribution in [3.8, 4) is 5.75 Å². The minimum atomic E-state index is -1.25. The summed E-state index contributed by atoms with van der Waals surface area (Å²) in [6, 6.07) is 4.34. The van der Waals surface area contributed by atoms with Crippen LogP contribution in [0.25, 0.3) is 11.0 Å². The van der Waals surface area contributed by atoms with Crippen LogP contribution < -0.4 is 5.63 Å². The first-order valence-electron chi connectivity index (χ1n) is 9.86. The molecule has 4 bridgehead atoms. The van der Waals surface area contributed by atoms with Gasteiger partial charge >= 0.3 is 5.63 Å². The summed E-state index contributed by atoms with van der Waals surface area (Å²) in [5.41, 5.74) is -0.415. The quantitative estimate of drug-likeness (QED) is 0.599. The van der Waals surface area contributed by atoms with Crippen LogP contribution in [0.5, 0.6) is 5.75 Å². The highest BCUT2D eigenvalue weighted by molar-refractivity contribution is 6.34. The van der Waals surface area contributed by atoms with Crippen LogP contribution in [0.1, 0.15) is 37.7 Å². The van der Waals surface area contributed by atoms with Crippen molar-refractivity contribution in [3.05, 3.63) is 39.2 Å². The number of halogens is 1. The van der Waals surface area contributed by atoms with Crippen molar-refractivity contribution in [2.75, 3.05) is 7.11 Å². The summed E-state index contributed by atoms with van der Waals surface area (Å²) in [5, 5.41) is 11.2. The smallest absolute Gasteiger partial charge is 0.336 e. The minimum Gasteiger partial charge on any atom is -0.506 e. The number of fused-ring (bicyclic) bond motifs is 1. The van der Waals surface area contributed by atoms with Gasteiger partial charge in [-0.25, -0.2) is 9.68 Å². The molecular weight excluding hydrogens is 384 g/mol. The van der Waals surface area contributed by atoms with Crippen LogP contribution in [-0.4, -0.2) is 17.8 Å². The van der Waals surface area contributed by atoms with E-state index in [9.17, 15) is 9.90 Å². The lowest BCUT2D eigenvalue weighted by Crippen LogP contribution is -2.76. The summed E-state index contributed by atoms with van der Waals surface area (Å²) in [6.45, 7) is 0. The van der Waals surface area contributed by atoms with Gasteiger partial charge in [-0.2, -0.15) is 4.89 Å². The highest BCUT2D eigenvalue weighted by Crippen LogP contribution is 2.70. The summed E-state index contributed by atoms with van der Waals surface area (Å²) < 4.78 is 11.4. The molecule has 4 saturated carbocycles. The maximum Gasteiger partial charge on any atom is 0.336 e. The van der Waals surface area contributed by atoms with Gasteiger partial charge in [0.25, 0.3) is 5.79 Å². The molecule has 7 rings (SSSR count). The highest BCUT2D eigenvalue weighted by atomic mass is 35.5. The maximum absolute atomic E-state index is 11.7. The van der Waals surface area contributed by atoms with Crippen molar-refractivity contribution in [1.29, 1.82) is 0 Å². The van der Waals surface area contributed by atoms with Crippen molar-refractivity contribution in [2.24, 2.45) is 23.7 Å². The Balaban J connectivity index is 1.61. The van der Waals surface area contributed by atoms with Gasteiger partial charge < -0.3 is 14.3 Å². The van der Waals surface area contributed by atoms with Crippen molar-refractivity contribution in [2.45, 2.75) is 43.5 Å². The molecule has 1 spiro atoms. The first-order chi connectivity index (χ1) is 13.5. The Hall–Kier alpha value is -1.60. The Bertz CT molecular complexity index is 1010. The third-order valence-electron chi connectivity index (χ3n) is 7.62. The molecule has 7 heteroatoms. The molecule has 5 aliphatic rings. The Labute approximate surface area is 166 Å². The fraction of sp³-hybridized carbons (Fsp3) is 0.571. The Kier molecular flexibility index (Phi) is 3.40. The normalized spacial score (nSPS) is 40.9. The lowest BCUT2D eigenvalue weighted by atomic mass is 9.47. The number of rotatable bonds is 2. The SMILES string of the molecule is COC1(c2c(Cl)c(O)cc3oc(=O)ccc23)OOC12C1CC3CC(C1)CC2C3. The van der Waals surface area contributed by atoms with Crippen LogP contribution in [0.3, 0.4) is 0 Å². The summed E-state index contributed by atoms with van der Waals surface area (Å²) >= 11 is 6.60. The number of aromatic hydroxyl groups is 1. The van der Waals surface area contributed by atoms with Crippen LogP contribution in [0, 0.1) is 23.7 Å². The van der Waals surface area contributed by atoms with Crippen LogP contribution in [-0.2, 0) is 20.3 Å². The lowest BCUT2D eigenvalue weighted by Gasteiger charge is -2.68. The van der Waals surface area contributed by atoms with Crippen LogP contribution in [0.15, 0.2) is 27.4 Å². The van der Waals surface area contributed by atoms with E-state index in [4.69, 9.17) is 30.5 Å². The zero-order chi connectivity index (χ0) is 19.3. The van der Waals surface area contributed by atoms with Crippen molar-refractivity contribution >= 4 is 22.6 Å². The molecule has 0 radical (unpaired) electrons. The van der Waals surface area contributed by atoms with Gasteiger partial charge in [0.05, 0.1) is 10.6 Å². The molecule has 5 fully saturated rings. The van der Waals surface area contributed by atoms with E-state index in [1.807, 2.05) is 0 Å². The number of ether oxygens (including phenoxy) is 1. The first-order valence-corrected chi connectivity index (χ1v) is 10.2.